The van der Waals surface area contributed by atoms with E-state index < -0.39 is 5.91 Å². The van der Waals surface area contributed by atoms with E-state index in [1.54, 1.807) is 36.5 Å². The summed E-state index contributed by atoms with van der Waals surface area (Å²) in [6.07, 6.45) is 3.68. The zero-order valence-corrected chi connectivity index (χ0v) is 19.9. The van der Waals surface area contributed by atoms with Crippen molar-refractivity contribution in [3.05, 3.63) is 97.6 Å². The lowest BCUT2D eigenvalue weighted by molar-refractivity contribution is -0.112. The molecule has 1 N–H and O–H groups in total. The zero-order chi connectivity index (χ0) is 23.4. The number of benzene rings is 2. The Morgan fingerprint density at radius 2 is 1.94 bits per heavy atom. The number of carbonyl (C=O) groups excluding carboxylic acids is 1. The Labute approximate surface area is 208 Å². The van der Waals surface area contributed by atoms with Gasteiger partial charge in [0, 0.05) is 39.2 Å². The van der Waals surface area contributed by atoms with Gasteiger partial charge in [-0.15, -0.1) is 11.3 Å². The van der Waals surface area contributed by atoms with Gasteiger partial charge in [0.15, 0.2) is 5.13 Å². The first kappa shape index (κ1) is 23.1. The van der Waals surface area contributed by atoms with Gasteiger partial charge in [-0.05, 0) is 48.0 Å². The lowest BCUT2D eigenvalue weighted by Crippen LogP contribution is -2.13. The van der Waals surface area contributed by atoms with Crippen LogP contribution in [0.3, 0.4) is 0 Å². The third-order valence-corrected chi connectivity index (χ3v) is 6.23. The molecule has 1 amide bonds. The van der Waals surface area contributed by atoms with Crippen LogP contribution in [0.1, 0.15) is 16.2 Å². The monoisotopic (exact) mass is 513 g/mol. The number of halogens is 3. The molecule has 2 heterocycles. The van der Waals surface area contributed by atoms with E-state index in [1.165, 1.54) is 17.4 Å². The minimum absolute atomic E-state index is 0.125. The third-order valence-electron chi connectivity index (χ3n) is 4.51. The van der Waals surface area contributed by atoms with Crippen LogP contribution >= 0.6 is 46.1 Å². The Balaban J connectivity index is 1.47. The summed E-state index contributed by atoms with van der Waals surface area (Å²) in [4.78, 5) is 17.8. The highest BCUT2D eigenvalue weighted by molar-refractivity contribution is 7.15. The summed E-state index contributed by atoms with van der Waals surface area (Å²) in [5.74, 6) is 0.213. The van der Waals surface area contributed by atoms with Crippen molar-refractivity contribution >= 4 is 63.3 Å². The van der Waals surface area contributed by atoms with Crippen LogP contribution in [0.15, 0.2) is 70.8 Å². The van der Waals surface area contributed by atoms with Gasteiger partial charge >= 0.3 is 0 Å². The molecule has 4 rings (SSSR count). The number of nitrogens with one attached hydrogen (secondary N) is 1. The van der Waals surface area contributed by atoms with Crippen LogP contribution < -0.4 is 5.32 Å². The number of carbonyl (C=O) groups is 1. The van der Waals surface area contributed by atoms with Gasteiger partial charge in [-0.1, -0.05) is 46.9 Å². The average Bonchev–Trinajstić information content (AvgIpc) is 3.43. The topological polar surface area (TPSA) is 78.9 Å². The number of aromatic nitrogens is 1. The van der Waals surface area contributed by atoms with E-state index in [9.17, 15) is 10.1 Å². The van der Waals surface area contributed by atoms with Gasteiger partial charge in [-0.25, -0.2) is 4.98 Å². The molecule has 0 aliphatic rings. The molecule has 0 aliphatic heterocycles. The lowest BCUT2D eigenvalue weighted by atomic mass is 10.1. The van der Waals surface area contributed by atoms with Crippen LogP contribution in [0, 0.1) is 11.3 Å². The molecule has 9 heteroatoms. The van der Waals surface area contributed by atoms with Crippen LogP contribution in [-0.4, -0.2) is 10.9 Å². The number of rotatable bonds is 6. The quantitative estimate of drug-likeness (QED) is 0.213. The zero-order valence-electron chi connectivity index (χ0n) is 16.8. The van der Waals surface area contributed by atoms with Gasteiger partial charge in [0.05, 0.1) is 5.02 Å². The average molecular weight is 515 g/mol. The summed E-state index contributed by atoms with van der Waals surface area (Å²) in [6, 6.07) is 17.8. The Morgan fingerprint density at radius 3 is 2.73 bits per heavy atom. The molecule has 0 aliphatic carbocycles. The molecule has 0 radical (unpaired) electrons. The summed E-state index contributed by atoms with van der Waals surface area (Å²) < 4.78 is 5.74. The van der Waals surface area contributed by atoms with E-state index in [-0.39, 0.29) is 5.57 Å². The van der Waals surface area contributed by atoms with Gasteiger partial charge in [-0.3, -0.25) is 10.1 Å². The van der Waals surface area contributed by atoms with E-state index in [0.717, 1.165) is 10.4 Å². The van der Waals surface area contributed by atoms with Crippen LogP contribution in [0.2, 0.25) is 15.1 Å². The van der Waals surface area contributed by atoms with Crippen molar-refractivity contribution in [3.8, 4) is 17.4 Å². The maximum Gasteiger partial charge on any atom is 0.268 e. The summed E-state index contributed by atoms with van der Waals surface area (Å²) >= 11 is 19.6. The molecule has 5 nitrogen and oxygen atoms in total. The first-order chi connectivity index (χ1) is 15.9. The van der Waals surface area contributed by atoms with Crippen molar-refractivity contribution in [3.63, 3.8) is 0 Å². The number of thiazole rings is 1. The van der Waals surface area contributed by atoms with E-state index >= 15 is 0 Å². The predicted octanol–water partition coefficient (Wildman–Crippen LogP) is 7.50. The summed E-state index contributed by atoms with van der Waals surface area (Å²) in [6.45, 7) is 0. The number of furan rings is 1. The molecule has 0 fully saturated rings. The Hall–Kier alpha value is -3.08. The van der Waals surface area contributed by atoms with Crippen molar-refractivity contribution in [1.29, 1.82) is 5.26 Å². The summed E-state index contributed by atoms with van der Waals surface area (Å²) in [7, 11) is 0. The van der Waals surface area contributed by atoms with Gasteiger partial charge in [0.1, 0.15) is 23.2 Å². The number of hydrogen-bond donors (Lipinski definition) is 1. The molecular formula is C24H14Cl3N3O2S. The van der Waals surface area contributed by atoms with Crippen LogP contribution in [0.25, 0.3) is 17.4 Å². The highest BCUT2D eigenvalue weighted by atomic mass is 35.5. The second-order valence-corrected chi connectivity index (χ2v) is 9.28. The molecule has 33 heavy (non-hydrogen) atoms. The van der Waals surface area contributed by atoms with Crippen molar-refractivity contribution < 1.29 is 9.21 Å². The number of nitriles is 1. The number of amides is 1. The van der Waals surface area contributed by atoms with E-state index in [2.05, 4.69) is 10.3 Å². The number of anilines is 1. The Bertz CT molecular complexity index is 1400. The highest BCUT2D eigenvalue weighted by Crippen LogP contribution is 2.32. The van der Waals surface area contributed by atoms with Crippen molar-refractivity contribution in [1.82, 2.24) is 4.98 Å². The van der Waals surface area contributed by atoms with E-state index in [1.807, 2.05) is 30.3 Å². The molecule has 0 saturated heterocycles. The standard InChI is InChI=1S/C24H14Cl3N3O2S/c25-16-3-1-2-14(8-16)9-19-13-29-24(33-19)30-23(31)15(12-28)10-18-5-7-22(32-18)20-11-17(26)4-6-21(20)27/h1-8,10-11,13H,9H2,(H,29,30,31). The maximum absolute atomic E-state index is 12.6. The fraction of sp³-hybridized carbons (Fsp3) is 0.0417. The fourth-order valence-corrected chi connectivity index (χ4v) is 4.45. The van der Waals surface area contributed by atoms with Crippen molar-refractivity contribution in [2.45, 2.75) is 6.42 Å². The summed E-state index contributed by atoms with van der Waals surface area (Å²) in [5.41, 5.74) is 1.52. The largest absolute Gasteiger partial charge is 0.457 e. The molecule has 164 valence electrons. The molecule has 2 aromatic carbocycles. The smallest absolute Gasteiger partial charge is 0.268 e. The minimum atomic E-state index is -0.583. The van der Waals surface area contributed by atoms with Crippen molar-refractivity contribution in [2.75, 3.05) is 5.32 Å². The van der Waals surface area contributed by atoms with Gasteiger partial charge in [-0.2, -0.15) is 5.26 Å². The first-order valence-electron chi connectivity index (χ1n) is 9.59. The Morgan fingerprint density at radius 1 is 1.12 bits per heavy atom. The van der Waals surface area contributed by atoms with Crippen LogP contribution in [0.5, 0.6) is 0 Å². The number of hydrogen-bond acceptors (Lipinski definition) is 5. The normalized spacial score (nSPS) is 11.3. The Kier molecular flexibility index (Phi) is 7.17. The molecule has 0 unspecified atom stereocenters. The van der Waals surface area contributed by atoms with Gasteiger partial charge in [0.25, 0.3) is 5.91 Å². The first-order valence-corrected chi connectivity index (χ1v) is 11.5. The second-order valence-electron chi connectivity index (χ2n) is 6.89. The number of nitrogens with zero attached hydrogens (tertiary/aromatic N) is 2. The second kappa shape index (κ2) is 10.2. The third kappa shape index (κ3) is 5.84. The molecule has 0 spiro atoms. The minimum Gasteiger partial charge on any atom is -0.457 e. The molecular weight excluding hydrogens is 501 g/mol. The van der Waals surface area contributed by atoms with Gasteiger partial charge < -0.3 is 4.42 Å². The molecule has 0 bridgehead atoms. The predicted molar refractivity (Wildman–Crippen MR) is 133 cm³/mol. The van der Waals surface area contributed by atoms with Gasteiger partial charge in [0.2, 0.25) is 0 Å². The SMILES string of the molecule is N#CC(=Cc1ccc(-c2cc(Cl)ccc2Cl)o1)C(=O)Nc1ncc(Cc2cccc(Cl)c2)s1. The van der Waals surface area contributed by atoms with Crippen molar-refractivity contribution in [2.24, 2.45) is 0 Å². The molecule has 4 aromatic rings. The maximum atomic E-state index is 12.6. The molecule has 0 atom stereocenters. The van der Waals surface area contributed by atoms with E-state index in [0.29, 0.717) is 43.7 Å². The molecule has 2 aromatic heterocycles. The van der Waals surface area contributed by atoms with E-state index in [4.69, 9.17) is 39.2 Å². The molecule has 0 saturated carbocycles. The lowest BCUT2D eigenvalue weighted by Gasteiger charge is -2.01. The highest BCUT2D eigenvalue weighted by Gasteiger charge is 2.14. The fourth-order valence-electron chi connectivity index (χ4n) is 3.01. The van der Waals surface area contributed by atoms with Crippen LogP contribution in [0.4, 0.5) is 5.13 Å². The summed E-state index contributed by atoms with van der Waals surface area (Å²) in [5, 5.41) is 14.2. The van der Waals surface area contributed by atoms with Crippen LogP contribution in [-0.2, 0) is 11.2 Å².